The van der Waals surface area contributed by atoms with Gasteiger partial charge in [0.1, 0.15) is 0 Å². The van der Waals surface area contributed by atoms with Crippen LogP contribution < -0.4 is 16.0 Å². The van der Waals surface area contributed by atoms with Crippen LogP contribution in [0.1, 0.15) is 13.8 Å². The van der Waals surface area contributed by atoms with Gasteiger partial charge in [-0.3, -0.25) is 10.1 Å². The van der Waals surface area contributed by atoms with Crippen molar-refractivity contribution in [3.05, 3.63) is 12.7 Å². The smallest absolute Gasteiger partial charge is 0.321 e. The molecule has 1 unspecified atom stereocenters. The lowest BCUT2D eigenvalue weighted by Crippen LogP contribution is -2.48. The van der Waals surface area contributed by atoms with E-state index in [2.05, 4.69) is 22.5 Å². The van der Waals surface area contributed by atoms with Crippen LogP contribution in [0.4, 0.5) is 4.79 Å². The average molecular weight is 199 g/mol. The first kappa shape index (κ1) is 12.6. The molecule has 0 rings (SSSR count). The molecule has 1 atom stereocenters. The number of imide groups is 1. The molecule has 3 amide bonds. The lowest BCUT2D eigenvalue weighted by molar-refractivity contribution is -0.121. The van der Waals surface area contributed by atoms with Crippen LogP contribution in [-0.4, -0.2) is 31.1 Å². The Bertz CT molecular complexity index is 216. The zero-order valence-corrected chi connectivity index (χ0v) is 8.59. The minimum atomic E-state index is -0.468. The second-order valence-electron chi connectivity index (χ2n) is 2.77. The van der Waals surface area contributed by atoms with Crippen molar-refractivity contribution in [1.82, 2.24) is 16.0 Å². The fourth-order valence-corrected chi connectivity index (χ4v) is 0.778. The van der Waals surface area contributed by atoms with Crippen molar-refractivity contribution < 1.29 is 9.59 Å². The quantitative estimate of drug-likeness (QED) is 0.546. The third-order valence-corrected chi connectivity index (χ3v) is 1.54. The van der Waals surface area contributed by atoms with Crippen molar-refractivity contribution in [2.24, 2.45) is 0 Å². The Hall–Kier alpha value is -1.36. The van der Waals surface area contributed by atoms with E-state index in [1.165, 1.54) is 0 Å². The number of rotatable bonds is 5. The van der Waals surface area contributed by atoms with Crippen LogP contribution in [0.25, 0.3) is 0 Å². The number of carbonyl (C=O) groups is 2. The van der Waals surface area contributed by atoms with Gasteiger partial charge in [0.2, 0.25) is 5.91 Å². The van der Waals surface area contributed by atoms with Gasteiger partial charge in [-0.15, -0.1) is 6.58 Å². The molecular weight excluding hydrogens is 182 g/mol. The number of hydrogen-bond acceptors (Lipinski definition) is 3. The summed E-state index contributed by atoms with van der Waals surface area (Å²) in [5.74, 6) is -0.349. The average Bonchev–Trinajstić information content (AvgIpc) is 2.14. The summed E-state index contributed by atoms with van der Waals surface area (Å²) in [6, 6.07) is -0.875. The molecule has 0 aromatic heterocycles. The van der Waals surface area contributed by atoms with Crippen LogP contribution in [0, 0.1) is 0 Å². The first-order valence-corrected chi connectivity index (χ1v) is 4.54. The predicted octanol–water partition coefficient (Wildman–Crippen LogP) is -0.00380. The Morgan fingerprint density at radius 3 is 2.64 bits per heavy atom. The number of nitrogens with one attached hydrogen (secondary N) is 3. The van der Waals surface area contributed by atoms with E-state index in [-0.39, 0.29) is 5.91 Å². The van der Waals surface area contributed by atoms with Crippen LogP contribution >= 0.6 is 0 Å². The highest BCUT2D eigenvalue weighted by Gasteiger charge is 2.13. The van der Waals surface area contributed by atoms with E-state index < -0.39 is 12.1 Å². The molecule has 0 bridgehead atoms. The molecule has 5 heteroatoms. The van der Waals surface area contributed by atoms with Gasteiger partial charge in [-0.05, 0) is 13.8 Å². The predicted molar refractivity (Wildman–Crippen MR) is 54.9 cm³/mol. The second kappa shape index (κ2) is 7.08. The van der Waals surface area contributed by atoms with Crippen molar-refractivity contribution in [2.75, 3.05) is 13.1 Å². The molecule has 0 aliphatic rings. The monoisotopic (exact) mass is 199 g/mol. The minimum absolute atomic E-state index is 0.349. The summed E-state index contributed by atoms with van der Waals surface area (Å²) in [7, 11) is 0. The minimum Gasteiger partial charge on any atom is -0.338 e. The molecule has 0 aromatic carbocycles. The van der Waals surface area contributed by atoms with Crippen molar-refractivity contribution in [2.45, 2.75) is 19.9 Å². The van der Waals surface area contributed by atoms with Gasteiger partial charge in [0.05, 0.1) is 6.04 Å². The Balaban J connectivity index is 3.82. The molecule has 0 aromatic rings. The number of hydrogen-bond donors (Lipinski definition) is 3. The van der Waals surface area contributed by atoms with Crippen LogP contribution in [0.2, 0.25) is 0 Å². The Labute approximate surface area is 83.9 Å². The standard InChI is InChI=1S/C9H17N3O2/c1-4-6-11-7(3)8(13)12-9(14)10-5-2/h4,7,11H,1,5-6H2,2-3H3,(H2,10,12,13,14). The zero-order valence-electron chi connectivity index (χ0n) is 8.59. The molecule has 14 heavy (non-hydrogen) atoms. The van der Waals surface area contributed by atoms with Crippen LogP contribution in [-0.2, 0) is 4.79 Å². The molecule has 0 saturated heterocycles. The van der Waals surface area contributed by atoms with E-state index in [1.54, 1.807) is 19.9 Å². The molecule has 0 aliphatic heterocycles. The summed E-state index contributed by atoms with van der Waals surface area (Å²) in [6.07, 6.45) is 1.65. The normalized spacial score (nSPS) is 11.6. The Kier molecular flexibility index (Phi) is 6.39. The van der Waals surface area contributed by atoms with Gasteiger partial charge in [0.25, 0.3) is 0 Å². The maximum absolute atomic E-state index is 11.3. The third-order valence-electron chi connectivity index (χ3n) is 1.54. The first-order valence-electron chi connectivity index (χ1n) is 4.54. The van der Waals surface area contributed by atoms with E-state index in [1.807, 2.05) is 0 Å². The van der Waals surface area contributed by atoms with Gasteiger partial charge in [-0.2, -0.15) is 0 Å². The van der Waals surface area contributed by atoms with Gasteiger partial charge >= 0.3 is 6.03 Å². The van der Waals surface area contributed by atoms with E-state index in [9.17, 15) is 9.59 Å². The molecule has 0 saturated carbocycles. The molecule has 80 valence electrons. The van der Waals surface area contributed by atoms with Crippen molar-refractivity contribution in [3.8, 4) is 0 Å². The van der Waals surface area contributed by atoms with Crippen LogP contribution in [0.15, 0.2) is 12.7 Å². The van der Waals surface area contributed by atoms with Crippen LogP contribution in [0.5, 0.6) is 0 Å². The maximum Gasteiger partial charge on any atom is 0.321 e. The zero-order chi connectivity index (χ0) is 11.0. The highest BCUT2D eigenvalue weighted by atomic mass is 16.2. The lowest BCUT2D eigenvalue weighted by atomic mass is 10.3. The number of amides is 3. The number of urea groups is 1. The summed E-state index contributed by atoms with van der Waals surface area (Å²) in [5, 5.41) is 7.54. The first-order chi connectivity index (χ1) is 6.61. The molecule has 5 nitrogen and oxygen atoms in total. The summed E-state index contributed by atoms with van der Waals surface area (Å²) >= 11 is 0. The van der Waals surface area contributed by atoms with Crippen LogP contribution in [0.3, 0.4) is 0 Å². The topological polar surface area (TPSA) is 70.2 Å². The van der Waals surface area contributed by atoms with Crippen molar-refractivity contribution in [1.29, 1.82) is 0 Å². The van der Waals surface area contributed by atoms with Gasteiger partial charge in [-0.1, -0.05) is 6.08 Å². The lowest BCUT2D eigenvalue weighted by Gasteiger charge is -2.11. The highest BCUT2D eigenvalue weighted by molar-refractivity contribution is 5.96. The Morgan fingerprint density at radius 1 is 1.50 bits per heavy atom. The van der Waals surface area contributed by atoms with Gasteiger partial charge < -0.3 is 10.6 Å². The molecule has 0 aliphatic carbocycles. The van der Waals surface area contributed by atoms with E-state index >= 15 is 0 Å². The van der Waals surface area contributed by atoms with Gasteiger partial charge in [0, 0.05) is 13.1 Å². The Morgan fingerprint density at radius 2 is 2.14 bits per heavy atom. The summed E-state index contributed by atoms with van der Waals surface area (Å²) in [5.41, 5.74) is 0. The molecule has 0 spiro atoms. The molecule has 3 N–H and O–H groups in total. The number of carbonyl (C=O) groups excluding carboxylic acids is 2. The maximum atomic E-state index is 11.3. The van der Waals surface area contributed by atoms with E-state index in [4.69, 9.17) is 0 Å². The van der Waals surface area contributed by atoms with Crippen molar-refractivity contribution in [3.63, 3.8) is 0 Å². The van der Waals surface area contributed by atoms with Gasteiger partial charge in [0.15, 0.2) is 0 Å². The summed E-state index contributed by atoms with van der Waals surface area (Å²) in [4.78, 5) is 22.2. The fraction of sp³-hybridized carbons (Fsp3) is 0.556. The molecule has 0 radical (unpaired) electrons. The van der Waals surface area contributed by atoms with Crippen molar-refractivity contribution >= 4 is 11.9 Å². The fourth-order valence-electron chi connectivity index (χ4n) is 0.778. The van der Waals surface area contributed by atoms with E-state index in [0.717, 1.165) is 0 Å². The molecule has 0 heterocycles. The summed E-state index contributed by atoms with van der Waals surface area (Å²) < 4.78 is 0. The molecule has 0 fully saturated rings. The summed E-state index contributed by atoms with van der Waals surface area (Å²) in [6.45, 7) is 7.99. The largest absolute Gasteiger partial charge is 0.338 e. The highest BCUT2D eigenvalue weighted by Crippen LogP contribution is 1.81. The van der Waals surface area contributed by atoms with Gasteiger partial charge in [-0.25, -0.2) is 4.79 Å². The SMILES string of the molecule is C=CCNC(C)C(=O)NC(=O)NCC. The molecular formula is C9H17N3O2. The van der Waals surface area contributed by atoms with E-state index in [0.29, 0.717) is 13.1 Å². The second-order valence-corrected chi connectivity index (χ2v) is 2.77. The third kappa shape index (κ3) is 5.31.